The highest BCUT2D eigenvalue weighted by atomic mass is 16.5. The molecule has 0 bridgehead atoms. The molecule has 2 amide bonds. The van der Waals surface area contributed by atoms with Gasteiger partial charge in [-0.1, -0.05) is 6.07 Å². The normalized spacial score (nSPS) is 26.4. The van der Waals surface area contributed by atoms with E-state index in [1.807, 2.05) is 23.1 Å². The number of ether oxygens (including phenoxy) is 1. The molecule has 138 valence electrons. The lowest BCUT2D eigenvalue weighted by atomic mass is 9.89. The first-order valence-electron chi connectivity index (χ1n) is 9.21. The van der Waals surface area contributed by atoms with E-state index in [9.17, 15) is 9.90 Å². The molecular formula is C18H28N4O3. The largest absolute Gasteiger partial charge is 0.393 e. The second-order valence-electron chi connectivity index (χ2n) is 6.73. The fourth-order valence-electron chi connectivity index (χ4n) is 3.67. The molecule has 0 saturated carbocycles. The second kappa shape index (κ2) is 9.01. The highest BCUT2D eigenvalue weighted by Crippen LogP contribution is 2.29. The van der Waals surface area contributed by atoms with Crippen molar-refractivity contribution in [2.45, 2.75) is 37.8 Å². The number of nitrogens with zero attached hydrogens (tertiary/aromatic N) is 2. The maximum absolute atomic E-state index is 12.5. The molecule has 3 heterocycles. The van der Waals surface area contributed by atoms with Gasteiger partial charge in [-0.2, -0.15) is 0 Å². The minimum atomic E-state index is -0.366. The fraction of sp³-hybridized carbons (Fsp3) is 0.667. The van der Waals surface area contributed by atoms with E-state index in [0.717, 1.165) is 38.2 Å². The summed E-state index contributed by atoms with van der Waals surface area (Å²) in [4.78, 5) is 18.6. The molecule has 0 aliphatic carbocycles. The molecule has 2 fully saturated rings. The number of anilines is 1. The summed E-state index contributed by atoms with van der Waals surface area (Å²) in [6, 6.07) is 5.80. The van der Waals surface area contributed by atoms with Crippen LogP contribution in [-0.4, -0.2) is 66.0 Å². The second-order valence-corrected chi connectivity index (χ2v) is 6.73. The predicted octanol–water partition coefficient (Wildman–Crippen LogP) is 1.45. The molecule has 0 radical (unpaired) electrons. The summed E-state index contributed by atoms with van der Waals surface area (Å²) in [5.41, 5.74) is 0. The van der Waals surface area contributed by atoms with Crippen molar-refractivity contribution in [1.82, 2.24) is 15.2 Å². The van der Waals surface area contributed by atoms with Crippen molar-refractivity contribution in [3.63, 3.8) is 0 Å². The Labute approximate surface area is 148 Å². The van der Waals surface area contributed by atoms with Crippen molar-refractivity contribution >= 4 is 11.8 Å². The van der Waals surface area contributed by atoms with Crippen molar-refractivity contribution in [1.29, 1.82) is 0 Å². The number of nitrogens with one attached hydrogen (secondary N) is 2. The van der Waals surface area contributed by atoms with Gasteiger partial charge in [0.15, 0.2) is 0 Å². The summed E-state index contributed by atoms with van der Waals surface area (Å²) in [5, 5.41) is 16.5. The van der Waals surface area contributed by atoms with Gasteiger partial charge in [-0.05, 0) is 37.8 Å². The van der Waals surface area contributed by atoms with Gasteiger partial charge in [-0.15, -0.1) is 0 Å². The van der Waals surface area contributed by atoms with Gasteiger partial charge in [0.1, 0.15) is 5.82 Å². The molecule has 1 aromatic rings. The molecule has 1 aromatic heterocycles. The highest BCUT2D eigenvalue weighted by molar-refractivity contribution is 5.74. The molecule has 7 nitrogen and oxygen atoms in total. The number of carbonyl (C=O) groups is 1. The first-order chi connectivity index (χ1) is 12.3. The molecule has 2 saturated heterocycles. The van der Waals surface area contributed by atoms with E-state index in [-0.39, 0.29) is 24.1 Å². The molecule has 0 unspecified atom stereocenters. The Kier molecular flexibility index (Phi) is 6.47. The number of aromatic nitrogens is 1. The lowest BCUT2D eigenvalue weighted by Gasteiger charge is -2.36. The zero-order chi connectivity index (χ0) is 17.5. The topological polar surface area (TPSA) is 86.7 Å². The Bertz CT molecular complexity index is 542. The first kappa shape index (κ1) is 17.9. The van der Waals surface area contributed by atoms with Crippen LogP contribution in [0.2, 0.25) is 0 Å². The Balaban J connectivity index is 1.39. The van der Waals surface area contributed by atoms with Crippen LogP contribution in [0.3, 0.4) is 0 Å². The lowest BCUT2D eigenvalue weighted by molar-refractivity contribution is -0.0576. The molecule has 0 aromatic carbocycles. The summed E-state index contributed by atoms with van der Waals surface area (Å²) >= 11 is 0. The number of hydrogen-bond acceptors (Lipinski definition) is 5. The molecule has 2 aliphatic heterocycles. The maximum Gasteiger partial charge on any atom is 0.317 e. The van der Waals surface area contributed by atoms with Gasteiger partial charge in [-0.3, -0.25) is 0 Å². The van der Waals surface area contributed by atoms with Gasteiger partial charge in [0.25, 0.3) is 0 Å². The Morgan fingerprint density at radius 2 is 2.28 bits per heavy atom. The summed E-state index contributed by atoms with van der Waals surface area (Å²) in [6.45, 7) is 3.29. The van der Waals surface area contributed by atoms with E-state index in [1.165, 1.54) is 0 Å². The Morgan fingerprint density at radius 3 is 3.08 bits per heavy atom. The van der Waals surface area contributed by atoms with Crippen LogP contribution in [0, 0.1) is 5.92 Å². The van der Waals surface area contributed by atoms with Crippen LogP contribution in [0.5, 0.6) is 0 Å². The molecule has 2 aliphatic rings. The molecule has 0 spiro atoms. The van der Waals surface area contributed by atoms with E-state index >= 15 is 0 Å². The highest BCUT2D eigenvalue weighted by Gasteiger charge is 2.39. The minimum absolute atomic E-state index is 0.0295. The molecule has 25 heavy (non-hydrogen) atoms. The third-order valence-electron chi connectivity index (χ3n) is 5.02. The van der Waals surface area contributed by atoms with Crippen molar-refractivity contribution in [3.05, 3.63) is 24.4 Å². The van der Waals surface area contributed by atoms with Crippen LogP contribution in [0.4, 0.5) is 10.6 Å². The number of rotatable bonds is 6. The fourth-order valence-corrected chi connectivity index (χ4v) is 3.67. The number of pyridine rings is 1. The number of carbonyl (C=O) groups excluding carboxylic acids is 1. The van der Waals surface area contributed by atoms with Crippen molar-refractivity contribution in [2.24, 2.45) is 5.92 Å². The number of aliphatic hydroxyl groups is 1. The van der Waals surface area contributed by atoms with Gasteiger partial charge in [0.05, 0.1) is 12.7 Å². The van der Waals surface area contributed by atoms with E-state index in [0.29, 0.717) is 26.2 Å². The summed E-state index contributed by atoms with van der Waals surface area (Å²) < 4.78 is 5.52. The van der Waals surface area contributed by atoms with Crippen LogP contribution < -0.4 is 10.6 Å². The number of hydrogen-bond donors (Lipinski definition) is 3. The zero-order valence-corrected chi connectivity index (χ0v) is 14.6. The van der Waals surface area contributed by atoms with Crippen LogP contribution in [-0.2, 0) is 4.74 Å². The Morgan fingerprint density at radius 1 is 1.36 bits per heavy atom. The standard InChI is InChI=1S/C18H28N4O3/c23-16-7-12-25-13-14(16)15-5-3-11-22(15)18(24)21-10-4-9-20-17-6-1-2-8-19-17/h1-2,6,8,14-16,23H,3-5,7,9-13H2,(H,19,20)(H,21,24)/t14-,15+,16-/m0/s1. The third kappa shape index (κ3) is 4.83. The van der Waals surface area contributed by atoms with E-state index in [2.05, 4.69) is 15.6 Å². The van der Waals surface area contributed by atoms with Gasteiger partial charge in [0, 0.05) is 44.4 Å². The monoisotopic (exact) mass is 348 g/mol. The third-order valence-corrected chi connectivity index (χ3v) is 5.02. The van der Waals surface area contributed by atoms with E-state index < -0.39 is 0 Å². The number of aliphatic hydroxyl groups excluding tert-OH is 1. The summed E-state index contributed by atoms with van der Waals surface area (Å²) in [6.07, 6.45) is 4.81. The van der Waals surface area contributed by atoms with Crippen LogP contribution in [0.15, 0.2) is 24.4 Å². The molecule has 7 heteroatoms. The Hall–Kier alpha value is -1.86. The van der Waals surface area contributed by atoms with Crippen molar-refractivity contribution < 1.29 is 14.6 Å². The summed E-state index contributed by atoms with van der Waals surface area (Å²) in [5.74, 6) is 0.882. The SMILES string of the molecule is O=C(NCCCNc1ccccn1)N1CCC[C@@H]1[C@@H]1COCC[C@@H]1O. The average Bonchev–Trinajstić information content (AvgIpc) is 3.12. The first-order valence-corrected chi connectivity index (χ1v) is 9.21. The van der Waals surface area contributed by atoms with Crippen molar-refractivity contribution in [2.75, 3.05) is 38.2 Å². The number of likely N-dealkylation sites (tertiary alicyclic amines) is 1. The molecule has 3 N–H and O–H groups in total. The van der Waals surface area contributed by atoms with E-state index in [1.54, 1.807) is 6.20 Å². The predicted molar refractivity (Wildman–Crippen MR) is 95.4 cm³/mol. The molecule has 3 rings (SSSR count). The van der Waals surface area contributed by atoms with Gasteiger partial charge < -0.3 is 25.4 Å². The smallest absolute Gasteiger partial charge is 0.317 e. The van der Waals surface area contributed by atoms with Crippen LogP contribution in [0.1, 0.15) is 25.7 Å². The lowest BCUT2D eigenvalue weighted by Crippen LogP contribution is -2.51. The van der Waals surface area contributed by atoms with Crippen LogP contribution >= 0.6 is 0 Å². The average molecular weight is 348 g/mol. The van der Waals surface area contributed by atoms with Crippen molar-refractivity contribution in [3.8, 4) is 0 Å². The quantitative estimate of drug-likeness (QED) is 0.678. The number of urea groups is 1. The van der Waals surface area contributed by atoms with E-state index in [4.69, 9.17) is 4.74 Å². The maximum atomic E-state index is 12.5. The van der Waals surface area contributed by atoms with Gasteiger partial charge in [0.2, 0.25) is 0 Å². The van der Waals surface area contributed by atoms with Gasteiger partial charge in [-0.25, -0.2) is 9.78 Å². The molecular weight excluding hydrogens is 320 g/mol. The van der Waals surface area contributed by atoms with Crippen LogP contribution in [0.25, 0.3) is 0 Å². The molecule has 3 atom stereocenters. The summed E-state index contributed by atoms with van der Waals surface area (Å²) in [7, 11) is 0. The minimum Gasteiger partial charge on any atom is -0.393 e. The number of amides is 2. The zero-order valence-electron chi connectivity index (χ0n) is 14.6. The van der Waals surface area contributed by atoms with Gasteiger partial charge >= 0.3 is 6.03 Å².